The topological polar surface area (TPSA) is 95.9 Å². The van der Waals surface area contributed by atoms with E-state index in [1.54, 1.807) is 0 Å². The molecule has 6 heteroatoms. The lowest BCUT2D eigenvalue weighted by Crippen LogP contribution is -2.35. The number of esters is 1. The first-order valence-electron chi connectivity index (χ1n) is 6.42. The second-order valence-electron chi connectivity index (χ2n) is 4.53. The smallest absolute Gasteiger partial charge is 0.342 e. The lowest BCUT2D eigenvalue weighted by molar-refractivity contribution is -0.124. The number of aromatic hydroxyl groups is 2. The maximum atomic E-state index is 11.6. The summed E-state index contributed by atoms with van der Waals surface area (Å²) in [6.07, 6.45) is 1.79. The van der Waals surface area contributed by atoms with E-state index in [0.717, 1.165) is 18.9 Å². The Bertz CT molecular complexity index is 486. The largest absolute Gasteiger partial charge is 0.508 e. The zero-order valence-electron chi connectivity index (χ0n) is 11.5. The third kappa shape index (κ3) is 4.79. The van der Waals surface area contributed by atoms with Crippen LogP contribution in [0.2, 0.25) is 0 Å². The number of hydrogen-bond acceptors (Lipinski definition) is 5. The fraction of sp³-hybridized carbons (Fsp3) is 0.429. The molecule has 0 aliphatic heterocycles. The number of phenolic OH excluding ortho intramolecular Hbond substituents is 2. The molecule has 0 saturated carbocycles. The Hall–Kier alpha value is -2.24. The summed E-state index contributed by atoms with van der Waals surface area (Å²) < 4.78 is 4.80. The highest BCUT2D eigenvalue weighted by Gasteiger charge is 2.15. The maximum Gasteiger partial charge on any atom is 0.342 e. The lowest BCUT2D eigenvalue weighted by atomic mass is 10.2. The van der Waals surface area contributed by atoms with Gasteiger partial charge in [0.1, 0.15) is 17.1 Å². The Balaban J connectivity index is 2.49. The van der Waals surface area contributed by atoms with Gasteiger partial charge in [-0.2, -0.15) is 0 Å². The van der Waals surface area contributed by atoms with Gasteiger partial charge in [-0.15, -0.1) is 0 Å². The zero-order valence-corrected chi connectivity index (χ0v) is 11.5. The first-order chi connectivity index (χ1) is 9.43. The van der Waals surface area contributed by atoms with Crippen molar-refractivity contribution in [3.05, 3.63) is 23.8 Å². The van der Waals surface area contributed by atoms with Gasteiger partial charge in [0.15, 0.2) is 6.61 Å². The highest BCUT2D eigenvalue weighted by atomic mass is 16.5. The number of hydrogen-bond donors (Lipinski definition) is 3. The van der Waals surface area contributed by atoms with Crippen molar-refractivity contribution >= 4 is 11.9 Å². The monoisotopic (exact) mass is 281 g/mol. The van der Waals surface area contributed by atoms with Crippen LogP contribution in [0, 0.1) is 0 Å². The molecule has 0 spiro atoms. The third-order valence-electron chi connectivity index (χ3n) is 2.66. The minimum atomic E-state index is -0.819. The summed E-state index contributed by atoms with van der Waals surface area (Å²) in [5.74, 6) is -1.77. The minimum absolute atomic E-state index is 0.0216. The highest BCUT2D eigenvalue weighted by molar-refractivity contribution is 5.94. The van der Waals surface area contributed by atoms with Gasteiger partial charge < -0.3 is 20.3 Å². The van der Waals surface area contributed by atoms with Gasteiger partial charge in [-0.3, -0.25) is 4.79 Å². The van der Waals surface area contributed by atoms with Crippen molar-refractivity contribution in [1.82, 2.24) is 5.32 Å². The van der Waals surface area contributed by atoms with E-state index < -0.39 is 24.2 Å². The van der Waals surface area contributed by atoms with Crippen LogP contribution in [0.25, 0.3) is 0 Å². The molecule has 0 aromatic heterocycles. The highest BCUT2D eigenvalue weighted by Crippen LogP contribution is 2.23. The second-order valence-corrected chi connectivity index (χ2v) is 4.53. The Kier molecular flexibility index (Phi) is 5.83. The molecular weight excluding hydrogens is 262 g/mol. The normalized spacial score (nSPS) is 11.7. The Morgan fingerprint density at radius 1 is 1.35 bits per heavy atom. The van der Waals surface area contributed by atoms with E-state index in [1.807, 2.05) is 13.8 Å². The number of ether oxygens (including phenoxy) is 1. The zero-order chi connectivity index (χ0) is 15.1. The molecule has 0 saturated heterocycles. The first kappa shape index (κ1) is 15.8. The van der Waals surface area contributed by atoms with Gasteiger partial charge in [-0.05, 0) is 25.5 Å². The Labute approximate surface area is 117 Å². The van der Waals surface area contributed by atoms with Crippen molar-refractivity contribution in [2.24, 2.45) is 0 Å². The summed E-state index contributed by atoms with van der Waals surface area (Å²) in [4.78, 5) is 23.2. The van der Waals surface area contributed by atoms with Crippen LogP contribution in [0.1, 0.15) is 37.0 Å². The van der Waals surface area contributed by atoms with E-state index in [-0.39, 0.29) is 17.4 Å². The number of rotatable bonds is 6. The summed E-state index contributed by atoms with van der Waals surface area (Å²) in [6, 6.07) is 3.53. The summed E-state index contributed by atoms with van der Waals surface area (Å²) in [7, 11) is 0. The number of benzene rings is 1. The van der Waals surface area contributed by atoms with E-state index >= 15 is 0 Å². The average Bonchev–Trinajstić information content (AvgIpc) is 2.36. The average molecular weight is 281 g/mol. The van der Waals surface area contributed by atoms with Crippen molar-refractivity contribution in [2.45, 2.75) is 32.7 Å². The predicted octanol–water partition coefficient (Wildman–Crippen LogP) is 1.56. The van der Waals surface area contributed by atoms with Gasteiger partial charge in [-0.1, -0.05) is 13.3 Å². The number of phenols is 2. The van der Waals surface area contributed by atoms with E-state index in [4.69, 9.17) is 9.84 Å². The molecule has 1 aromatic carbocycles. The van der Waals surface area contributed by atoms with Crippen molar-refractivity contribution in [3.8, 4) is 11.5 Å². The lowest BCUT2D eigenvalue weighted by Gasteiger charge is -2.12. The summed E-state index contributed by atoms with van der Waals surface area (Å²) in [6.45, 7) is 3.47. The second kappa shape index (κ2) is 7.37. The van der Waals surface area contributed by atoms with Gasteiger partial charge in [0.2, 0.25) is 0 Å². The van der Waals surface area contributed by atoms with Crippen LogP contribution in [0.3, 0.4) is 0 Å². The van der Waals surface area contributed by atoms with Gasteiger partial charge in [0.05, 0.1) is 0 Å². The number of carbonyl (C=O) groups excluding carboxylic acids is 2. The Morgan fingerprint density at radius 2 is 2.05 bits per heavy atom. The molecule has 0 aliphatic rings. The fourth-order valence-electron chi connectivity index (χ4n) is 1.72. The molecule has 0 radical (unpaired) electrons. The van der Waals surface area contributed by atoms with Crippen LogP contribution >= 0.6 is 0 Å². The quantitative estimate of drug-likeness (QED) is 0.688. The number of amides is 1. The molecule has 0 fully saturated rings. The molecule has 110 valence electrons. The molecule has 3 N–H and O–H groups in total. The van der Waals surface area contributed by atoms with E-state index in [1.165, 1.54) is 12.1 Å². The van der Waals surface area contributed by atoms with Crippen molar-refractivity contribution in [2.75, 3.05) is 6.61 Å². The van der Waals surface area contributed by atoms with Crippen LogP contribution in [0.5, 0.6) is 11.5 Å². The van der Waals surface area contributed by atoms with Crippen LogP contribution in [-0.2, 0) is 9.53 Å². The van der Waals surface area contributed by atoms with Crippen molar-refractivity contribution < 1.29 is 24.5 Å². The summed E-state index contributed by atoms with van der Waals surface area (Å²) in [5.41, 5.74) is -0.0998. The molecule has 20 heavy (non-hydrogen) atoms. The number of carbonyl (C=O) groups is 2. The van der Waals surface area contributed by atoms with E-state index in [2.05, 4.69) is 5.32 Å². The molecule has 0 aliphatic carbocycles. The SMILES string of the molecule is CCC[C@@H](C)NC(=O)COC(=O)c1ccc(O)cc1O. The molecule has 0 unspecified atom stereocenters. The molecule has 1 atom stereocenters. The molecule has 6 nitrogen and oxygen atoms in total. The van der Waals surface area contributed by atoms with Crippen LogP contribution in [0.4, 0.5) is 0 Å². The van der Waals surface area contributed by atoms with E-state index in [0.29, 0.717) is 0 Å². The standard InChI is InChI=1S/C14H19NO5/c1-3-4-9(2)15-13(18)8-20-14(19)11-6-5-10(16)7-12(11)17/h5-7,9,16-17H,3-4,8H2,1-2H3,(H,15,18)/t9-/m1/s1. The molecule has 0 heterocycles. The van der Waals surface area contributed by atoms with Gasteiger partial charge in [0.25, 0.3) is 5.91 Å². The molecule has 1 aromatic rings. The van der Waals surface area contributed by atoms with Crippen LogP contribution < -0.4 is 5.32 Å². The molecule has 0 bridgehead atoms. The summed E-state index contributed by atoms with van der Waals surface area (Å²) >= 11 is 0. The van der Waals surface area contributed by atoms with Crippen molar-refractivity contribution in [3.63, 3.8) is 0 Å². The van der Waals surface area contributed by atoms with Crippen molar-refractivity contribution in [1.29, 1.82) is 0 Å². The molecule has 1 rings (SSSR count). The maximum absolute atomic E-state index is 11.6. The van der Waals surface area contributed by atoms with Gasteiger partial charge in [0, 0.05) is 12.1 Å². The Morgan fingerprint density at radius 3 is 2.65 bits per heavy atom. The van der Waals surface area contributed by atoms with E-state index in [9.17, 15) is 14.7 Å². The predicted molar refractivity (Wildman–Crippen MR) is 72.6 cm³/mol. The molecule has 1 amide bonds. The minimum Gasteiger partial charge on any atom is -0.508 e. The fourth-order valence-corrected chi connectivity index (χ4v) is 1.72. The van der Waals surface area contributed by atoms with Gasteiger partial charge in [-0.25, -0.2) is 4.79 Å². The number of nitrogens with one attached hydrogen (secondary N) is 1. The first-order valence-corrected chi connectivity index (χ1v) is 6.42. The molecular formula is C14H19NO5. The third-order valence-corrected chi connectivity index (χ3v) is 2.66. The van der Waals surface area contributed by atoms with Crippen LogP contribution in [0.15, 0.2) is 18.2 Å². The summed E-state index contributed by atoms with van der Waals surface area (Å²) in [5, 5.41) is 21.3. The van der Waals surface area contributed by atoms with Crippen LogP contribution in [-0.4, -0.2) is 34.7 Å². The van der Waals surface area contributed by atoms with Gasteiger partial charge >= 0.3 is 5.97 Å².